The Morgan fingerprint density at radius 1 is 0.875 bits per heavy atom. The van der Waals surface area contributed by atoms with Crippen molar-refractivity contribution in [2.24, 2.45) is 0 Å². The molecule has 0 fully saturated rings. The zero-order valence-corrected chi connectivity index (χ0v) is 12.8. The first-order valence-corrected chi connectivity index (χ1v) is 7.24. The molecule has 0 saturated carbocycles. The second-order valence-electron chi connectivity index (χ2n) is 4.98. The van der Waals surface area contributed by atoms with Crippen molar-refractivity contribution >= 4 is 0 Å². The van der Waals surface area contributed by atoms with Crippen molar-refractivity contribution < 1.29 is 31.4 Å². The first kappa shape index (κ1) is 18.0. The van der Waals surface area contributed by atoms with Crippen LogP contribution in [0, 0.1) is 11.6 Å². The Morgan fingerprint density at radius 2 is 1.54 bits per heavy atom. The molecule has 0 heterocycles. The van der Waals surface area contributed by atoms with E-state index in [1.807, 2.05) is 0 Å². The Hall–Kier alpha value is -2.31. The fourth-order valence-electron chi connectivity index (χ4n) is 2.17. The monoisotopic (exact) mass is 346 g/mol. The Bertz CT molecular complexity index is 681. The van der Waals surface area contributed by atoms with Crippen molar-refractivity contribution in [1.29, 1.82) is 0 Å². The van der Waals surface area contributed by atoms with Crippen molar-refractivity contribution in [3.05, 3.63) is 59.2 Å². The van der Waals surface area contributed by atoms with Gasteiger partial charge in [0.25, 0.3) is 0 Å². The summed E-state index contributed by atoms with van der Waals surface area (Å²) >= 11 is 0. The molecule has 2 nitrogen and oxygen atoms in total. The van der Waals surface area contributed by atoms with Crippen LogP contribution in [0.2, 0.25) is 0 Å². The Labute approximate surface area is 135 Å². The molecule has 7 heteroatoms. The van der Waals surface area contributed by atoms with E-state index in [1.54, 1.807) is 6.92 Å². The molecule has 0 aliphatic rings. The maximum Gasteiger partial charge on any atom is 0.573 e. The summed E-state index contributed by atoms with van der Waals surface area (Å²) in [6.07, 6.45) is -4.20. The summed E-state index contributed by atoms with van der Waals surface area (Å²) in [7, 11) is 0. The van der Waals surface area contributed by atoms with E-state index < -0.39 is 18.0 Å². The quantitative estimate of drug-likeness (QED) is 0.682. The van der Waals surface area contributed by atoms with Crippen molar-refractivity contribution in [3.63, 3.8) is 0 Å². The molecule has 0 unspecified atom stereocenters. The van der Waals surface area contributed by atoms with Gasteiger partial charge >= 0.3 is 6.36 Å². The summed E-state index contributed by atoms with van der Waals surface area (Å²) < 4.78 is 72.6. The molecule has 2 aromatic carbocycles. The third kappa shape index (κ3) is 4.84. The molecule has 0 spiro atoms. The first-order chi connectivity index (χ1) is 11.3. The van der Waals surface area contributed by atoms with Crippen LogP contribution in [0.3, 0.4) is 0 Å². The smallest absolute Gasteiger partial charge is 0.491 e. The SMILES string of the molecule is CCOc1ccc(CCc2ccc(OC(F)(F)F)cc2)c(F)c1F. The highest BCUT2D eigenvalue weighted by Gasteiger charge is 2.30. The number of halogens is 5. The average Bonchev–Trinajstić information content (AvgIpc) is 2.51. The van der Waals surface area contributed by atoms with Crippen molar-refractivity contribution in [1.82, 2.24) is 0 Å². The van der Waals surface area contributed by atoms with Crippen LogP contribution < -0.4 is 9.47 Å². The number of hydrogen-bond acceptors (Lipinski definition) is 2. The van der Waals surface area contributed by atoms with Gasteiger partial charge in [0.2, 0.25) is 5.82 Å². The van der Waals surface area contributed by atoms with Gasteiger partial charge in [-0.3, -0.25) is 0 Å². The number of hydrogen-bond donors (Lipinski definition) is 0. The van der Waals surface area contributed by atoms with Crippen LogP contribution in [0.25, 0.3) is 0 Å². The van der Waals surface area contributed by atoms with Gasteiger partial charge in [0.15, 0.2) is 11.6 Å². The third-order valence-corrected chi connectivity index (χ3v) is 3.27. The molecule has 130 valence electrons. The summed E-state index contributed by atoms with van der Waals surface area (Å²) in [5.74, 6) is -2.49. The molecule has 24 heavy (non-hydrogen) atoms. The van der Waals surface area contributed by atoms with E-state index in [4.69, 9.17) is 4.74 Å². The molecule has 0 aliphatic heterocycles. The van der Waals surface area contributed by atoms with Crippen molar-refractivity contribution in [2.45, 2.75) is 26.1 Å². The van der Waals surface area contributed by atoms with E-state index in [0.29, 0.717) is 12.0 Å². The fourth-order valence-corrected chi connectivity index (χ4v) is 2.17. The van der Waals surface area contributed by atoms with Gasteiger partial charge in [-0.05, 0) is 49.1 Å². The van der Waals surface area contributed by atoms with Crippen LogP contribution >= 0.6 is 0 Å². The van der Waals surface area contributed by atoms with Gasteiger partial charge in [-0.1, -0.05) is 18.2 Å². The minimum absolute atomic E-state index is 0.146. The van der Waals surface area contributed by atoms with Crippen LogP contribution in [0.5, 0.6) is 11.5 Å². The van der Waals surface area contributed by atoms with E-state index in [-0.39, 0.29) is 30.1 Å². The van der Waals surface area contributed by atoms with Gasteiger partial charge < -0.3 is 9.47 Å². The van der Waals surface area contributed by atoms with Crippen molar-refractivity contribution in [3.8, 4) is 11.5 Å². The Kier molecular flexibility index (Phi) is 5.64. The highest BCUT2D eigenvalue weighted by atomic mass is 19.4. The fraction of sp³-hybridized carbons (Fsp3) is 0.294. The molecule has 0 atom stereocenters. The summed E-state index contributed by atoms with van der Waals surface area (Å²) in [4.78, 5) is 0. The molecular weight excluding hydrogens is 331 g/mol. The second-order valence-corrected chi connectivity index (χ2v) is 4.98. The van der Waals surface area contributed by atoms with E-state index in [9.17, 15) is 22.0 Å². The molecular formula is C17H15F5O2. The summed E-state index contributed by atoms with van der Waals surface area (Å²) in [5, 5.41) is 0. The second kappa shape index (κ2) is 7.51. The van der Waals surface area contributed by atoms with Crippen LogP contribution in [-0.4, -0.2) is 13.0 Å². The lowest BCUT2D eigenvalue weighted by molar-refractivity contribution is -0.274. The molecule has 0 radical (unpaired) electrons. The number of benzene rings is 2. The topological polar surface area (TPSA) is 18.5 Å². The van der Waals surface area contributed by atoms with Gasteiger partial charge in [0.1, 0.15) is 5.75 Å². The number of ether oxygens (including phenoxy) is 2. The third-order valence-electron chi connectivity index (χ3n) is 3.27. The van der Waals surface area contributed by atoms with Crippen LogP contribution in [-0.2, 0) is 12.8 Å². The molecule has 0 amide bonds. The predicted molar refractivity (Wildman–Crippen MR) is 78.1 cm³/mol. The zero-order chi connectivity index (χ0) is 17.7. The average molecular weight is 346 g/mol. The lowest BCUT2D eigenvalue weighted by Gasteiger charge is -2.10. The maximum atomic E-state index is 13.9. The van der Waals surface area contributed by atoms with E-state index in [0.717, 1.165) is 0 Å². The normalized spacial score (nSPS) is 11.4. The van der Waals surface area contributed by atoms with Crippen LogP contribution in [0.1, 0.15) is 18.1 Å². The van der Waals surface area contributed by atoms with Gasteiger partial charge in [0, 0.05) is 0 Å². The highest BCUT2D eigenvalue weighted by Crippen LogP contribution is 2.25. The van der Waals surface area contributed by atoms with Crippen LogP contribution in [0.15, 0.2) is 36.4 Å². The Balaban J connectivity index is 2.02. The number of aryl methyl sites for hydroxylation is 2. The minimum Gasteiger partial charge on any atom is -0.491 e. The number of rotatable bonds is 6. The predicted octanol–water partition coefficient (Wildman–Crippen LogP) is 5.05. The molecule has 0 aliphatic carbocycles. The zero-order valence-electron chi connectivity index (χ0n) is 12.8. The molecule has 0 saturated heterocycles. The van der Waals surface area contributed by atoms with Gasteiger partial charge in [0.05, 0.1) is 6.61 Å². The summed E-state index contributed by atoms with van der Waals surface area (Å²) in [6.45, 7) is 1.89. The van der Waals surface area contributed by atoms with E-state index in [2.05, 4.69) is 4.74 Å². The summed E-state index contributed by atoms with van der Waals surface area (Å²) in [5.41, 5.74) is 0.852. The Morgan fingerprint density at radius 3 is 2.12 bits per heavy atom. The maximum absolute atomic E-state index is 13.9. The lowest BCUT2D eigenvalue weighted by Crippen LogP contribution is -2.17. The van der Waals surface area contributed by atoms with E-state index in [1.165, 1.54) is 36.4 Å². The molecule has 0 aromatic heterocycles. The minimum atomic E-state index is -4.75. The van der Waals surface area contributed by atoms with Gasteiger partial charge in [-0.25, -0.2) is 4.39 Å². The van der Waals surface area contributed by atoms with Gasteiger partial charge in [-0.2, -0.15) is 4.39 Å². The van der Waals surface area contributed by atoms with Crippen LogP contribution in [0.4, 0.5) is 22.0 Å². The van der Waals surface area contributed by atoms with Crippen molar-refractivity contribution in [2.75, 3.05) is 6.61 Å². The van der Waals surface area contributed by atoms with E-state index >= 15 is 0 Å². The number of alkyl halides is 3. The molecule has 0 bridgehead atoms. The van der Waals surface area contributed by atoms with Gasteiger partial charge in [-0.15, -0.1) is 13.2 Å². The molecule has 0 N–H and O–H groups in total. The first-order valence-electron chi connectivity index (χ1n) is 7.24. The summed E-state index contributed by atoms with van der Waals surface area (Å²) in [6, 6.07) is 8.05. The lowest BCUT2D eigenvalue weighted by atomic mass is 10.0. The standard InChI is InChI=1S/C17H15F5O2/c1-2-23-14-10-7-12(15(18)16(14)19)6-3-11-4-8-13(9-5-11)24-17(20,21)22/h4-5,7-10H,2-3,6H2,1H3. The largest absolute Gasteiger partial charge is 0.573 e. The molecule has 2 rings (SSSR count). The molecule has 2 aromatic rings. The highest BCUT2D eigenvalue weighted by molar-refractivity contribution is 5.32.